The molecular formula is C7H17NO. The lowest BCUT2D eigenvalue weighted by Gasteiger charge is -2.11. The molecule has 0 saturated heterocycles. The normalized spacial score (nSPS) is 10.7. The Kier molecular flexibility index (Phi) is 5.99. The van der Waals surface area contributed by atoms with E-state index in [1.807, 2.05) is 0 Å². The Morgan fingerprint density at radius 1 is 1.22 bits per heavy atom. The topological polar surface area (TPSA) is 32.3 Å². The van der Waals surface area contributed by atoms with Gasteiger partial charge >= 0.3 is 0 Å². The predicted molar refractivity (Wildman–Crippen MR) is 38.5 cm³/mol. The Balaban J connectivity index is 3.18. The Morgan fingerprint density at radius 2 is 1.67 bits per heavy atom. The fraction of sp³-hybridized carbons (Fsp3) is 1.00. The molecule has 0 saturated carbocycles. The van der Waals surface area contributed by atoms with Crippen LogP contribution in [0.15, 0.2) is 0 Å². The number of hydrogen-bond donors (Lipinski definition) is 2. The molecular weight excluding hydrogens is 114 g/mol. The van der Waals surface area contributed by atoms with Crippen LogP contribution in [0.3, 0.4) is 0 Å². The predicted octanol–water partition coefficient (Wildman–Crippen LogP) is 1.93. The summed E-state index contributed by atoms with van der Waals surface area (Å²) in [7, 11) is 0. The monoisotopic (exact) mass is 131 g/mol. The van der Waals surface area contributed by atoms with Crippen molar-refractivity contribution in [2.24, 2.45) is 0 Å². The number of hydroxylamine groups is 1. The lowest BCUT2D eigenvalue weighted by atomic mass is 10.1. The van der Waals surface area contributed by atoms with E-state index in [4.69, 9.17) is 5.21 Å². The van der Waals surface area contributed by atoms with Gasteiger partial charge in [-0.3, -0.25) is 0 Å². The molecule has 9 heavy (non-hydrogen) atoms. The van der Waals surface area contributed by atoms with Crippen LogP contribution in [0.2, 0.25) is 0 Å². The molecule has 0 aliphatic carbocycles. The Labute approximate surface area is 57.2 Å². The standard InChI is InChI=1S/C7H17NO/c1-3-5-7(8-9)6-4-2/h7-9H,3-6H2,1-2H3. The summed E-state index contributed by atoms with van der Waals surface area (Å²) >= 11 is 0. The van der Waals surface area contributed by atoms with Crippen molar-refractivity contribution >= 4 is 0 Å². The Bertz CT molecular complexity index is 50.9. The SMILES string of the molecule is CCCC(CCC)NO. The summed E-state index contributed by atoms with van der Waals surface area (Å²) in [5.41, 5.74) is 2.30. The molecule has 0 aromatic heterocycles. The quantitative estimate of drug-likeness (QED) is 0.559. The van der Waals surface area contributed by atoms with Crippen molar-refractivity contribution in [3.63, 3.8) is 0 Å². The van der Waals surface area contributed by atoms with Gasteiger partial charge in [0.05, 0.1) is 0 Å². The summed E-state index contributed by atoms with van der Waals surface area (Å²) in [6.45, 7) is 4.25. The van der Waals surface area contributed by atoms with Gasteiger partial charge in [0.15, 0.2) is 0 Å². The Morgan fingerprint density at radius 3 is 1.89 bits per heavy atom. The molecule has 2 heteroatoms. The van der Waals surface area contributed by atoms with Gasteiger partial charge in [-0.25, -0.2) is 5.48 Å². The minimum Gasteiger partial charge on any atom is -0.317 e. The third-order valence-corrected chi connectivity index (χ3v) is 1.46. The highest BCUT2D eigenvalue weighted by Crippen LogP contribution is 2.02. The summed E-state index contributed by atoms with van der Waals surface area (Å²) in [5.74, 6) is 0. The van der Waals surface area contributed by atoms with Crippen molar-refractivity contribution < 1.29 is 5.21 Å². The molecule has 0 radical (unpaired) electrons. The van der Waals surface area contributed by atoms with E-state index >= 15 is 0 Å². The van der Waals surface area contributed by atoms with Gasteiger partial charge < -0.3 is 5.21 Å². The van der Waals surface area contributed by atoms with Crippen molar-refractivity contribution in [1.82, 2.24) is 5.48 Å². The first-order chi connectivity index (χ1) is 4.35. The first-order valence-electron chi connectivity index (χ1n) is 3.74. The molecule has 0 aliphatic heterocycles. The van der Waals surface area contributed by atoms with Crippen LogP contribution in [0, 0.1) is 0 Å². The van der Waals surface area contributed by atoms with Crippen LogP contribution >= 0.6 is 0 Å². The lowest BCUT2D eigenvalue weighted by molar-refractivity contribution is 0.116. The number of nitrogens with one attached hydrogen (secondary N) is 1. The number of rotatable bonds is 5. The molecule has 0 aliphatic rings. The molecule has 0 heterocycles. The molecule has 0 aromatic carbocycles. The summed E-state index contributed by atoms with van der Waals surface area (Å²) in [4.78, 5) is 0. The molecule has 0 rings (SSSR count). The van der Waals surface area contributed by atoms with Crippen LogP contribution in [0.25, 0.3) is 0 Å². The summed E-state index contributed by atoms with van der Waals surface area (Å²) < 4.78 is 0. The van der Waals surface area contributed by atoms with E-state index in [0.717, 1.165) is 25.7 Å². The number of hydrogen-bond acceptors (Lipinski definition) is 2. The van der Waals surface area contributed by atoms with E-state index in [1.165, 1.54) is 0 Å². The van der Waals surface area contributed by atoms with Crippen LogP contribution in [-0.2, 0) is 0 Å². The van der Waals surface area contributed by atoms with Gasteiger partial charge in [-0.2, -0.15) is 0 Å². The third kappa shape index (κ3) is 4.43. The van der Waals surface area contributed by atoms with Crippen molar-refractivity contribution in [3.8, 4) is 0 Å². The zero-order valence-corrected chi connectivity index (χ0v) is 6.35. The van der Waals surface area contributed by atoms with E-state index in [9.17, 15) is 0 Å². The van der Waals surface area contributed by atoms with Crippen LogP contribution in [0.5, 0.6) is 0 Å². The van der Waals surface area contributed by atoms with Gasteiger partial charge in [-0.1, -0.05) is 26.7 Å². The second kappa shape index (κ2) is 6.05. The highest BCUT2D eigenvalue weighted by Gasteiger charge is 2.01. The molecule has 0 atom stereocenters. The van der Waals surface area contributed by atoms with E-state index in [0.29, 0.717) is 6.04 Å². The van der Waals surface area contributed by atoms with Gasteiger partial charge in [0.1, 0.15) is 0 Å². The van der Waals surface area contributed by atoms with Crippen LogP contribution in [-0.4, -0.2) is 11.2 Å². The van der Waals surface area contributed by atoms with E-state index in [1.54, 1.807) is 0 Å². The minimum absolute atomic E-state index is 0.319. The summed E-state index contributed by atoms with van der Waals surface area (Å²) in [6.07, 6.45) is 4.42. The molecule has 0 amide bonds. The van der Waals surface area contributed by atoms with E-state index < -0.39 is 0 Å². The van der Waals surface area contributed by atoms with Crippen LogP contribution in [0.1, 0.15) is 39.5 Å². The molecule has 0 unspecified atom stereocenters. The van der Waals surface area contributed by atoms with E-state index in [-0.39, 0.29) is 0 Å². The van der Waals surface area contributed by atoms with Crippen LogP contribution in [0.4, 0.5) is 0 Å². The van der Waals surface area contributed by atoms with Crippen molar-refractivity contribution in [2.45, 2.75) is 45.6 Å². The first-order valence-corrected chi connectivity index (χ1v) is 3.74. The molecule has 0 fully saturated rings. The summed E-state index contributed by atoms with van der Waals surface area (Å²) in [5, 5.41) is 8.54. The molecule has 0 bridgehead atoms. The average Bonchev–Trinajstić information content (AvgIpc) is 1.88. The fourth-order valence-electron chi connectivity index (χ4n) is 0.970. The molecule has 2 nitrogen and oxygen atoms in total. The maximum Gasteiger partial charge on any atom is 0.0319 e. The second-order valence-electron chi connectivity index (χ2n) is 2.40. The van der Waals surface area contributed by atoms with Gasteiger partial charge in [-0.15, -0.1) is 0 Å². The van der Waals surface area contributed by atoms with Crippen LogP contribution < -0.4 is 5.48 Å². The summed E-state index contributed by atoms with van der Waals surface area (Å²) in [6, 6.07) is 0.319. The second-order valence-corrected chi connectivity index (χ2v) is 2.40. The van der Waals surface area contributed by atoms with Crippen molar-refractivity contribution in [2.75, 3.05) is 0 Å². The Hall–Kier alpha value is -0.0800. The highest BCUT2D eigenvalue weighted by atomic mass is 16.5. The first kappa shape index (κ1) is 8.92. The lowest BCUT2D eigenvalue weighted by Crippen LogP contribution is -2.24. The maximum atomic E-state index is 8.54. The zero-order chi connectivity index (χ0) is 7.11. The highest BCUT2D eigenvalue weighted by molar-refractivity contribution is 4.58. The average molecular weight is 131 g/mol. The zero-order valence-electron chi connectivity index (χ0n) is 6.35. The molecule has 2 N–H and O–H groups in total. The van der Waals surface area contributed by atoms with Crippen molar-refractivity contribution in [1.29, 1.82) is 0 Å². The largest absolute Gasteiger partial charge is 0.317 e. The third-order valence-electron chi connectivity index (χ3n) is 1.46. The van der Waals surface area contributed by atoms with Gasteiger partial charge in [-0.05, 0) is 12.8 Å². The molecule has 0 aromatic rings. The van der Waals surface area contributed by atoms with Crippen molar-refractivity contribution in [3.05, 3.63) is 0 Å². The minimum atomic E-state index is 0.319. The van der Waals surface area contributed by atoms with Gasteiger partial charge in [0, 0.05) is 6.04 Å². The fourth-order valence-corrected chi connectivity index (χ4v) is 0.970. The van der Waals surface area contributed by atoms with Gasteiger partial charge in [0.2, 0.25) is 0 Å². The maximum absolute atomic E-state index is 8.54. The van der Waals surface area contributed by atoms with E-state index in [2.05, 4.69) is 19.3 Å². The smallest absolute Gasteiger partial charge is 0.0319 e. The molecule has 56 valence electrons. The molecule has 0 spiro atoms. The van der Waals surface area contributed by atoms with Gasteiger partial charge in [0.25, 0.3) is 0 Å².